The molecular weight excluding hydrogens is 310 g/mol. The summed E-state index contributed by atoms with van der Waals surface area (Å²) in [7, 11) is 0. The molecule has 0 aliphatic carbocycles. The zero-order valence-corrected chi connectivity index (χ0v) is 13.6. The number of anilines is 2. The molecule has 1 saturated heterocycles. The molecule has 2 rings (SSSR count). The highest BCUT2D eigenvalue weighted by atomic mass is 35.5. The fraction of sp³-hybridized carbons (Fsp3) is 0.353. The maximum absolute atomic E-state index is 9.06. The van der Waals surface area contributed by atoms with Gasteiger partial charge in [-0.05, 0) is 37.0 Å². The van der Waals surface area contributed by atoms with Crippen LogP contribution in [0.3, 0.4) is 0 Å². The molecule has 1 atom stereocenters. The van der Waals surface area contributed by atoms with Gasteiger partial charge in [-0.15, -0.1) is 0 Å². The van der Waals surface area contributed by atoms with E-state index in [-0.39, 0.29) is 11.3 Å². The molecule has 6 heteroatoms. The molecule has 1 aliphatic rings. The predicted molar refractivity (Wildman–Crippen MR) is 89.6 cm³/mol. The molecule has 0 spiro atoms. The van der Waals surface area contributed by atoms with Crippen LogP contribution < -0.4 is 10.2 Å². The Morgan fingerprint density at radius 1 is 1.26 bits per heavy atom. The van der Waals surface area contributed by atoms with Gasteiger partial charge >= 0.3 is 0 Å². The van der Waals surface area contributed by atoms with Crippen molar-refractivity contribution in [3.8, 4) is 18.2 Å². The average Bonchev–Trinajstić information content (AvgIpc) is 2.55. The van der Waals surface area contributed by atoms with Crippen molar-refractivity contribution in [1.29, 1.82) is 15.8 Å². The Morgan fingerprint density at radius 2 is 2.00 bits per heavy atom. The van der Waals surface area contributed by atoms with E-state index in [0.717, 1.165) is 25.2 Å². The molecule has 0 radical (unpaired) electrons. The summed E-state index contributed by atoms with van der Waals surface area (Å²) in [6, 6.07) is 10.6. The van der Waals surface area contributed by atoms with Crippen molar-refractivity contribution in [2.24, 2.45) is 5.92 Å². The zero-order valence-electron chi connectivity index (χ0n) is 12.8. The van der Waals surface area contributed by atoms with Gasteiger partial charge in [0.2, 0.25) is 0 Å². The number of piperidine rings is 1. The highest BCUT2D eigenvalue weighted by molar-refractivity contribution is 6.33. The van der Waals surface area contributed by atoms with Gasteiger partial charge in [0.1, 0.15) is 23.9 Å². The van der Waals surface area contributed by atoms with Crippen LogP contribution in [0.15, 0.2) is 29.5 Å². The van der Waals surface area contributed by atoms with Crippen LogP contribution in [0.2, 0.25) is 5.02 Å². The van der Waals surface area contributed by atoms with Gasteiger partial charge in [-0.25, -0.2) is 0 Å². The van der Waals surface area contributed by atoms with E-state index >= 15 is 0 Å². The molecule has 1 fully saturated rings. The Hall–Kier alpha value is -2.68. The molecule has 23 heavy (non-hydrogen) atoms. The lowest BCUT2D eigenvalue weighted by atomic mass is 10.00. The molecule has 0 bridgehead atoms. The standard InChI is InChI=1S/C17H16ClN5/c1-12-3-2-6-23(11-12)17-5-4-14(7-15(17)18)22-16(10-21)13(8-19)9-20/h4-5,7,12,22H,2-3,6,11H2,1H3. The van der Waals surface area contributed by atoms with E-state index in [1.165, 1.54) is 6.42 Å². The van der Waals surface area contributed by atoms with Gasteiger partial charge in [-0.3, -0.25) is 0 Å². The Balaban J connectivity index is 2.23. The fourth-order valence-corrected chi connectivity index (χ4v) is 2.98. The first-order chi connectivity index (χ1) is 11.1. The third kappa shape index (κ3) is 3.95. The van der Waals surface area contributed by atoms with Gasteiger partial charge in [-0.1, -0.05) is 18.5 Å². The number of nitrogens with one attached hydrogen (secondary N) is 1. The Morgan fingerprint density at radius 3 is 2.57 bits per heavy atom. The SMILES string of the molecule is CC1CCCN(c2ccc(NC(C#N)=C(C#N)C#N)cc2Cl)C1. The third-order valence-corrected chi connectivity index (χ3v) is 4.10. The second-order valence-electron chi connectivity index (χ2n) is 5.57. The molecule has 0 amide bonds. The molecule has 1 unspecified atom stereocenters. The van der Waals surface area contributed by atoms with Crippen LogP contribution in [0, 0.1) is 39.9 Å². The van der Waals surface area contributed by atoms with Crippen molar-refractivity contribution in [3.05, 3.63) is 34.5 Å². The van der Waals surface area contributed by atoms with Gasteiger partial charge < -0.3 is 10.2 Å². The van der Waals surface area contributed by atoms with Gasteiger partial charge in [0.25, 0.3) is 0 Å². The summed E-state index contributed by atoms with van der Waals surface area (Å²) in [5.41, 5.74) is 1.21. The Labute approximate surface area is 141 Å². The quantitative estimate of drug-likeness (QED) is 0.854. The normalized spacial score (nSPS) is 16.7. The molecule has 116 valence electrons. The number of halogens is 1. The van der Waals surface area contributed by atoms with Crippen molar-refractivity contribution < 1.29 is 0 Å². The van der Waals surface area contributed by atoms with E-state index in [1.807, 2.05) is 12.1 Å². The van der Waals surface area contributed by atoms with E-state index in [9.17, 15) is 0 Å². The topological polar surface area (TPSA) is 86.6 Å². The smallest absolute Gasteiger partial charge is 0.163 e. The van der Waals surface area contributed by atoms with E-state index in [2.05, 4.69) is 17.1 Å². The first-order valence-electron chi connectivity index (χ1n) is 7.35. The number of nitrogens with zero attached hydrogens (tertiary/aromatic N) is 4. The molecule has 1 aliphatic heterocycles. The zero-order chi connectivity index (χ0) is 16.8. The lowest BCUT2D eigenvalue weighted by Crippen LogP contribution is -2.34. The van der Waals surface area contributed by atoms with Crippen molar-refractivity contribution in [2.45, 2.75) is 19.8 Å². The Bertz CT molecular complexity index is 732. The minimum Gasteiger partial charge on any atom is -0.370 e. The van der Waals surface area contributed by atoms with Crippen LogP contribution in [0.5, 0.6) is 0 Å². The number of benzene rings is 1. The van der Waals surface area contributed by atoms with Gasteiger partial charge in [0.15, 0.2) is 5.57 Å². The van der Waals surface area contributed by atoms with Crippen molar-refractivity contribution >= 4 is 23.0 Å². The summed E-state index contributed by atoms with van der Waals surface area (Å²) in [6.45, 7) is 4.18. The summed E-state index contributed by atoms with van der Waals surface area (Å²) in [6.07, 6.45) is 2.38. The minimum atomic E-state index is -0.252. The first kappa shape index (κ1) is 16.7. The van der Waals surface area contributed by atoms with Crippen LogP contribution in [0.25, 0.3) is 0 Å². The maximum Gasteiger partial charge on any atom is 0.163 e. The van der Waals surface area contributed by atoms with E-state index in [1.54, 1.807) is 24.3 Å². The summed E-state index contributed by atoms with van der Waals surface area (Å²) < 4.78 is 0. The first-order valence-corrected chi connectivity index (χ1v) is 7.73. The highest BCUT2D eigenvalue weighted by Crippen LogP contribution is 2.32. The molecule has 5 nitrogen and oxygen atoms in total. The second-order valence-corrected chi connectivity index (χ2v) is 5.98. The summed E-state index contributed by atoms with van der Waals surface area (Å²) in [5, 5.41) is 30.1. The van der Waals surface area contributed by atoms with Crippen LogP contribution in [-0.4, -0.2) is 13.1 Å². The molecule has 0 saturated carbocycles. The van der Waals surface area contributed by atoms with E-state index in [4.69, 9.17) is 27.4 Å². The Kier molecular flexibility index (Phi) is 5.47. The number of allylic oxidation sites excluding steroid dienone is 2. The van der Waals surface area contributed by atoms with Gasteiger partial charge in [0.05, 0.1) is 10.7 Å². The summed E-state index contributed by atoms with van der Waals surface area (Å²) >= 11 is 6.37. The lowest BCUT2D eigenvalue weighted by Gasteiger charge is -2.33. The second kappa shape index (κ2) is 7.54. The highest BCUT2D eigenvalue weighted by Gasteiger charge is 2.18. The van der Waals surface area contributed by atoms with Gasteiger partial charge in [-0.2, -0.15) is 15.8 Å². The van der Waals surface area contributed by atoms with Crippen LogP contribution in [-0.2, 0) is 0 Å². The van der Waals surface area contributed by atoms with Crippen LogP contribution in [0.4, 0.5) is 11.4 Å². The maximum atomic E-state index is 9.06. The molecular formula is C17H16ClN5. The molecule has 0 aromatic heterocycles. The fourth-order valence-electron chi connectivity index (χ4n) is 2.68. The summed E-state index contributed by atoms with van der Waals surface area (Å²) in [4.78, 5) is 2.26. The average molecular weight is 326 g/mol. The number of hydrogen-bond acceptors (Lipinski definition) is 5. The van der Waals surface area contributed by atoms with Crippen molar-refractivity contribution in [3.63, 3.8) is 0 Å². The lowest BCUT2D eigenvalue weighted by molar-refractivity contribution is 0.447. The molecule has 1 heterocycles. The van der Waals surface area contributed by atoms with Crippen molar-refractivity contribution in [1.82, 2.24) is 0 Å². The van der Waals surface area contributed by atoms with E-state index in [0.29, 0.717) is 16.6 Å². The summed E-state index contributed by atoms with van der Waals surface area (Å²) in [5.74, 6) is 0.638. The third-order valence-electron chi connectivity index (χ3n) is 3.80. The van der Waals surface area contributed by atoms with Crippen molar-refractivity contribution in [2.75, 3.05) is 23.3 Å². The van der Waals surface area contributed by atoms with Crippen LogP contribution in [0.1, 0.15) is 19.8 Å². The van der Waals surface area contributed by atoms with Gasteiger partial charge in [0, 0.05) is 18.8 Å². The van der Waals surface area contributed by atoms with Crippen LogP contribution >= 0.6 is 11.6 Å². The monoisotopic (exact) mass is 325 g/mol. The molecule has 1 aromatic rings. The largest absolute Gasteiger partial charge is 0.370 e. The molecule has 1 N–H and O–H groups in total. The number of rotatable bonds is 3. The molecule has 1 aromatic carbocycles. The predicted octanol–water partition coefficient (Wildman–Crippen LogP) is 3.81. The number of nitriles is 3. The number of hydrogen-bond donors (Lipinski definition) is 1. The van der Waals surface area contributed by atoms with E-state index < -0.39 is 0 Å². The minimum absolute atomic E-state index is 0.0783.